The summed E-state index contributed by atoms with van der Waals surface area (Å²) in [6.45, 7) is 0. The van der Waals surface area contributed by atoms with E-state index < -0.39 is 0 Å². The molecule has 1 aliphatic rings. The molecule has 0 bridgehead atoms. The molecule has 0 spiro atoms. The van der Waals surface area contributed by atoms with Gasteiger partial charge in [-0.05, 0) is 34.8 Å². The maximum absolute atomic E-state index is 6.01. The smallest absolute Gasteiger partial charge is 0.0285 e. The van der Waals surface area contributed by atoms with Crippen LogP contribution in [0.2, 0.25) is 0 Å². The highest BCUT2D eigenvalue weighted by Gasteiger charge is 2.26. The molecule has 12 heavy (non-hydrogen) atoms. The molecule has 1 nitrogen and oxygen atoms in total. The van der Waals surface area contributed by atoms with Crippen LogP contribution in [0, 0.1) is 0 Å². The van der Waals surface area contributed by atoms with Gasteiger partial charge >= 0.3 is 0 Å². The van der Waals surface area contributed by atoms with Gasteiger partial charge in [-0.2, -0.15) is 0 Å². The molecule has 2 N–H and O–H groups in total. The number of halogens is 1. The maximum atomic E-state index is 6.01. The second-order valence-electron chi connectivity index (χ2n) is 3.37. The third-order valence-electron chi connectivity index (χ3n) is 2.52. The SMILES string of the molecule is NC1CCCC1c1cc(Br)cs1. The first-order chi connectivity index (χ1) is 5.77. The van der Waals surface area contributed by atoms with E-state index in [4.69, 9.17) is 5.73 Å². The lowest BCUT2D eigenvalue weighted by atomic mass is 10.0. The Morgan fingerprint density at radius 2 is 2.33 bits per heavy atom. The van der Waals surface area contributed by atoms with Crippen LogP contribution >= 0.6 is 27.3 Å². The van der Waals surface area contributed by atoms with Crippen molar-refractivity contribution >= 4 is 27.3 Å². The molecule has 0 saturated heterocycles. The number of hydrogen-bond acceptors (Lipinski definition) is 2. The fourth-order valence-corrected chi connectivity index (χ4v) is 3.52. The highest BCUT2D eigenvalue weighted by atomic mass is 79.9. The number of thiophene rings is 1. The molecule has 1 aromatic rings. The van der Waals surface area contributed by atoms with Crippen LogP contribution in [0.4, 0.5) is 0 Å². The van der Waals surface area contributed by atoms with Crippen molar-refractivity contribution < 1.29 is 0 Å². The first-order valence-electron chi connectivity index (χ1n) is 4.27. The van der Waals surface area contributed by atoms with Crippen LogP contribution in [-0.2, 0) is 0 Å². The zero-order valence-corrected chi connectivity index (χ0v) is 9.20. The molecule has 1 aromatic heterocycles. The Labute approximate surface area is 85.1 Å². The Hall–Kier alpha value is 0.140. The summed E-state index contributed by atoms with van der Waals surface area (Å²) in [6.07, 6.45) is 3.76. The second-order valence-corrected chi connectivity index (χ2v) is 5.23. The van der Waals surface area contributed by atoms with E-state index >= 15 is 0 Å². The minimum Gasteiger partial charge on any atom is -0.327 e. The van der Waals surface area contributed by atoms with Gasteiger partial charge in [0.2, 0.25) is 0 Å². The normalized spacial score (nSPS) is 29.5. The van der Waals surface area contributed by atoms with Crippen LogP contribution < -0.4 is 5.73 Å². The van der Waals surface area contributed by atoms with Crippen LogP contribution in [-0.4, -0.2) is 6.04 Å². The van der Waals surface area contributed by atoms with Gasteiger partial charge in [0.1, 0.15) is 0 Å². The van der Waals surface area contributed by atoms with Crippen molar-refractivity contribution in [1.82, 2.24) is 0 Å². The fraction of sp³-hybridized carbons (Fsp3) is 0.556. The van der Waals surface area contributed by atoms with Crippen LogP contribution in [0.1, 0.15) is 30.1 Å². The van der Waals surface area contributed by atoms with Gasteiger partial charge in [0, 0.05) is 26.7 Å². The van der Waals surface area contributed by atoms with Gasteiger partial charge in [-0.15, -0.1) is 11.3 Å². The van der Waals surface area contributed by atoms with Crippen LogP contribution in [0.25, 0.3) is 0 Å². The van der Waals surface area contributed by atoms with Gasteiger partial charge in [-0.3, -0.25) is 0 Å². The first-order valence-corrected chi connectivity index (χ1v) is 5.94. The molecule has 1 aliphatic carbocycles. The van der Waals surface area contributed by atoms with Crippen molar-refractivity contribution in [3.8, 4) is 0 Å². The Bertz CT molecular complexity index is 271. The first kappa shape index (κ1) is 8.73. The highest BCUT2D eigenvalue weighted by Crippen LogP contribution is 2.37. The largest absolute Gasteiger partial charge is 0.327 e. The van der Waals surface area contributed by atoms with Crippen LogP contribution in [0.5, 0.6) is 0 Å². The molecule has 0 aromatic carbocycles. The Kier molecular flexibility index (Phi) is 2.53. The van der Waals surface area contributed by atoms with Gasteiger partial charge in [0.05, 0.1) is 0 Å². The van der Waals surface area contributed by atoms with Crippen molar-refractivity contribution in [2.75, 3.05) is 0 Å². The van der Waals surface area contributed by atoms with Gasteiger partial charge in [0.25, 0.3) is 0 Å². The average molecular weight is 246 g/mol. The molecule has 66 valence electrons. The van der Waals surface area contributed by atoms with Crippen LogP contribution in [0.15, 0.2) is 15.9 Å². The molecule has 2 unspecified atom stereocenters. The summed E-state index contributed by atoms with van der Waals surface area (Å²) in [5.74, 6) is 0.626. The molecule has 1 fully saturated rings. The third-order valence-corrected chi connectivity index (χ3v) is 4.35. The zero-order chi connectivity index (χ0) is 8.55. The molecule has 3 heteroatoms. The van der Waals surface area contributed by atoms with E-state index in [9.17, 15) is 0 Å². The van der Waals surface area contributed by atoms with Gasteiger partial charge in [-0.1, -0.05) is 6.42 Å². The lowest BCUT2D eigenvalue weighted by molar-refractivity contribution is 0.622. The molecule has 2 atom stereocenters. The summed E-state index contributed by atoms with van der Waals surface area (Å²) in [4.78, 5) is 1.45. The van der Waals surface area contributed by atoms with E-state index in [0.717, 1.165) is 0 Å². The maximum Gasteiger partial charge on any atom is 0.0285 e. The summed E-state index contributed by atoms with van der Waals surface area (Å²) in [6, 6.07) is 2.61. The van der Waals surface area contributed by atoms with E-state index in [1.54, 1.807) is 0 Å². The third kappa shape index (κ3) is 1.58. The Morgan fingerprint density at radius 1 is 1.50 bits per heavy atom. The van der Waals surface area contributed by atoms with Crippen molar-refractivity contribution in [3.05, 3.63) is 20.8 Å². The van der Waals surface area contributed by atoms with E-state index in [1.807, 2.05) is 11.3 Å². The standard InChI is InChI=1S/C9H12BrNS/c10-6-4-9(12-5-6)7-2-1-3-8(7)11/h4-5,7-8H,1-3,11H2. The molecule has 2 rings (SSSR count). The monoisotopic (exact) mass is 245 g/mol. The lowest BCUT2D eigenvalue weighted by Gasteiger charge is -2.12. The summed E-state index contributed by atoms with van der Waals surface area (Å²) in [5, 5.41) is 2.14. The molecule has 0 amide bonds. The zero-order valence-electron chi connectivity index (χ0n) is 6.79. The van der Waals surface area contributed by atoms with Crippen molar-refractivity contribution in [3.63, 3.8) is 0 Å². The molecule has 1 heterocycles. The number of hydrogen-bond donors (Lipinski definition) is 1. The van der Waals surface area contributed by atoms with E-state index in [2.05, 4.69) is 27.4 Å². The van der Waals surface area contributed by atoms with Crippen molar-refractivity contribution in [2.45, 2.75) is 31.2 Å². The van der Waals surface area contributed by atoms with Gasteiger partial charge in [0.15, 0.2) is 0 Å². The van der Waals surface area contributed by atoms with Crippen LogP contribution in [0.3, 0.4) is 0 Å². The molecular weight excluding hydrogens is 234 g/mol. The summed E-state index contributed by atoms with van der Waals surface area (Å²) in [5.41, 5.74) is 6.01. The van der Waals surface area contributed by atoms with Gasteiger partial charge in [-0.25, -0.2) is 0 Å². The molecule has 0 aliphatic heterocycles. The second kappa shape index (κ2) is 3.48. The van der Waals surface area contributed by atoms with E-state index in [0.29, 0.717) is 12.0 Å². The lowest BCUT2D eigenvalue weighted by Crippen LogP contribution is -2.21. The molecule has 1 saturated carbocycles. The number of rotatable bonds is 1. The predicted octanol–water partition coefficient (Wildman–Crippen LogP) is 3.11. The number of nitrogens with two attached hydrogens (primary N) is 1. The topological polar surface area (TPSA) is 26.0 Å². The molecule has 0 radical (unpaired) electrons. The average Bonchev–Trinajstić information content (AvgIpc) is 2.58. The summed E-state index contributed by atoms with van der Waals surface area (Å²) < 4.78 is 1.20. The van der Waals surface area contributed by atoms with Crippen molar-refractivity contribution in [1.29, 1.82) is 0 Å². The minimum atomic E-state index is 0.399. The summed E-state index contributed by atoms with van der Waals surface area (Å²) >= 11 is 5.29. The van der Waals surface area contributed by atoms with Crippen molar-refractivity contribution in [2.24, 2.45) is 5.73 Å². The predicted molar refractivity (Wildman–Crippen MR) is 56.6 cm³/mol. The quantitative estimate of drug-likeness (QED) is 0.809. The fourth-order valence-electron chi connectivity index (χ4n) is 1.86. The van der Waals surface area contributed by atoms with Gasteiger partial charge < -0.3 is 5.73 Å². The Morgan fingerprint density at radius 3 is 2.83 bits per heavy atom. The Balaban J connectivity index is 2.19. The summed E-state index contributed by atoms with van der Waals surface area (Å²) in [7, 11) is 0. The molecular formula is C9H12BrNS. The minimum absolute atomic E-state index is 0.399. The van der Waals surface area contributed by atoms with E-state index in [1.165, 1.54) is 28.6 Å². The van der Waals surface area contributed by atoms with E-state index in [-0.39, 0.29) is 0 Å². The highest BCUT2D eigenvalue weighted by molar-refractivity contribution is 9.10.